The molecule has 2 nitrogen and oxygen atoms in total. The van der Waals surface area contributed by atoms with Gasteiger partial charge in [0.25, 0.3) is 0 Å². The Morgan fingerprint density at radius 3 is 2.67 bits per heavy atom. The fourth-order valence-corrected chi connectivity index (χ4v) is 3.11. The first-order chi connectivity index (χ1) is 8.57. The van der Waals surface area contributed by atoms with E-state index in [1.807, 2.05) is 13.0 Å². The van der Waals surface area contributed by atoms with E-state index in [-0.39, 0.29) is 4.91 Å². The van der Waals surface area contributed by atoms with Gasteiger partial charge in [0.05, 0.1) is 9.81 Å². The molecule has 0 aromatic heterocycles. The predicted molar refractivity (Wildman–Crippen MR) is 76.2 cm³/mol. The normalized spacial score (nSPS) is 18.7. The Morgan fingerprint density at radius 2 is 2.11 bits per heavy atom. The van der Waals surface area contributed by atoms with Crippen LogP contribution in [0.3, 0.4) is 0 Å². The Labute approximate surface area is 109 Å². The van der Waals surface area contributed by atoms with Crippen molar-refractivity contribution in [1.82, 2.24) is 0 Å². The number of sulfone groups is 1. The van der Waals surface area contributed by atoms with E-state index in [0.717, 1.165) is 0 Å². The molecule has 18 heavy (non-hydrogen) atoms. The van der Waals surface area contributed by atoms with Crippen LogP contribution in [0.1, 0.15) is 20.3 Å². The van der Waals surface area contributed by atoms with Crippen molar-refractivity contribution in [3.8, 4) is 11.8 Å². The third kappa shape index (κ3) is 2.91. The van der Waals surface area contributed by atoms with Crippen molar-refractivity contribution in [2.75, 3.05) is 0 Å². The lowest BCUT2D eigenvalue weighted by atomic mass is 10.1. The highest BCUT2D eigenvalue weighted by atomic mass is 32.2. The number of hydrogen-bond acceptors (Lipinski definition) is 2. The van der Waals surface area contributed by atoms with Crippen LogP contribution in [0, 0.1) is 11.8 Å². The van der Waals surface area contributed by atoms with Crippen LogP contribution in [0.4, 0.5) is 0 Å². The highest BCUT2D eigenvalue weighted by molar-refractivity contribution is 7.99. The van der Waals surface area contributed by atoms with Gasteiger partial charge >= 0.3 is 0 Å². The molecule has 0 fully saturated rings. The molecule has 0 spiro atoms. The van der Waals surface area contributed by atoms with Crippen LogP contribution in [-0.2, 0) is 9.84 Å². The van der Waals surface area contributed by atoms with Gasteiger partial charge in [0, 0.05) is 12.0 Å². The maximum absolute atomic E-state index is 12.3. The Balaban J connectivity index is 3.26. The molecule has 1 rings (SSSR count). The smallest absolute Gasteiger partial charge is 0.207 e. The lowest BCUT2D eigenvalue weighted by Gasteiger charge is -2.14. The third-order valence-corrected chi connectivity index (χ3v) is 4.35. The summed E-state index contributed by atoms with van der Waals surface area (Å²) in [7, 11) is -3.47. The molecule has 1 aliphatic rings. The number of rotatable bonds is 3. The predicted octanol–water partition coefficient (Wildman–Crippen LogP) is 3.28. The summed E-state index contributed by atoms with van der Waals surface area (Å²) in [6.07, 6.45) is 10.5. The van der Waals surface area contributed by atoms with Gasteiger partial charge in [-0.15, -0.1) is 5.92 Å². The van der Waals surface area contributed by atoms with Gasteiger partial charge in [-0.1, -0.05) is 36.8 Å². The van der Waals surface area contributed by atoms with Crippen molar-refractivity contribution in [1.29, 1.82) is 0 Å². The monoisotopic (exact) mass is 260 g/mol. The molecule has 3 heteroatoms. The number of hydrogen-bond donors (Lipinski definition) is 0. The first-order valence-corrected chi connectivity index (χ1v) is 7.09. The molecule has 0 saturated heterocycles. The summed E-state index contributed by atoms with van der Waals surface area (Å²) in [6, 6.07) is 0. The molecule has 0 aromatic carbocycles. The lowest BCUT2D eigenvalue weighted by Crippen LogP contribution is -2.11. The van der Waals surface area contributed by atoms with Crippen molar-refractivity contribution in [3.05, 3.63) is 58.4 Å². The van der Waals surface area contributed by atoms with Crippen LogP contribution < -0.4 is 0 Å². The van der Waals surface area contributed by atoms with Crippen LogP contribution >= 0.6 is 0 Å². The maximum Gasteiger partial charge on any atom is 0.207 e. The summed E-state index contributed by atoms with van der Waals surface area (Å²) < 4.78 is 24.6. The minimum atomic E-state index is -3.47. The second-order valence-electron chi connectivity index (χ2n) is 3.62. The first-order valence-electron chi connectivity index (χ1n) is 5.61. The van der Waals surface area contributed by atoms with Crippen LogP contribution in [0.15, 0.2) is 58.4 Å². The van der Waals surface area contributed by atoms with Crippen molar-refractivity contribution >= 4 is 9.84 Å². The summed E-state index contributed by atoms with van der Waals surface area (Å²) in [4.78, 5) is 0.525. The molecule has 0 atom stereocenters. The van der Waals surface area contributed by atoms with E-state index < -0.39 is 9.84 Å². The van der Waals surface area contributed by atoms with Crippen LogP contribution in [0.5, 0.6) is 0 Å². The lowest BCUT2D eigenvalue weighted by molar-refractivity contribution is 0.608. The third-order valence-electron chi connectivity index (χ3n) is 2.43. The van der Waals surface area contributed by atoms with E-state index in [2.05, 4.69) is 18.4 Å². The molecule has 0 aromatic rings. The number of allylic oxidation sites excluding steroid dienone is 7. The summed E-state index contributed by atoms with van der Waals surface area (Å²) in [6.45, 7) is 7.13. The molecule has 0 unspecified atom stereocenters. The summed E-state index contributed by atoms with van der Waals surface area (Å²) in [5, 5.41) is 0. The van der Waals surface area contributed by atoms with Gasteiger partial charge in [-0.05, 0) is 26.0 Å². The van der Waals surface area contributed by atoms with E-state index in [4.69, 9.17) is 0 Å². The minimum absolute atomic E-state index is 0.222. The highest BCUT2D eigenvalue weighted by Gasteiger charge is 2.25. The summed E-state index contributed by atoms with van der Waals surface area (Å²) in [5.41, 5.74) is 0.607. The zero-order chi connectivity index (χ0) is 13.6. The second kappa shape index (κ2) is 6.23. The summed E-state index contributed by atoms with van der Waals surface area (Å²) >= 11 is 0. The quantitative estimate of drug-likeness (QED) is 0.576. The van der Waals surface area contributed by atoms with Gasteiger partial charge in [-0.2, -0.15) is 0 Å². The second-order valence-corrected chi connectivity index (χ2v) is 5.54. The average molecular weight is 260 g/mol. The van der Waals surface area contributed by atoms with Crippen molar-refractivity contribution < 1.29 is 8.42 Å². The topological polar surface area (TPSA) is 34.1 Å². The zero-order valence-corrected chi connectivity index (χ0v) is 11.4. The van der Waals surface area contributed by atoms with Gasteiger partial charge in [0.1, 0.15) is 0 Å². The Bertz CT molecular complexity index is 615. The molecular weight excluding hydrogens is 244 g/mol. The van der Waals surface area contributed by atoms with Crippen LogP contribution in [0.25, 0.3) is 0 Å². The van der Waals surface area contributed by atoms with Gasteiger partial charge in [-0.3, -0.25) is 0 Å². The van der Waals surface area contributed by atoms with E-state index in [1.165, 1.54) is 6.08 Å². The standard InChI is InChI=1S/C15H16O2S/c1-4-7-8-10-14-12-11-13(9-5-2)15(6-3)18(14,16)17/h4,6-8,10,12H,3,11H2,1-2H3/b7-4-,10-8-. The van der Waals surface area contributed by atoms with E-state index in [1.54, 1.807) is 31.2 Å². The molecule has 94 valence electrons. The van der Waals surface area contributed by atoms with Gasteiger partial charge in [0.15, 0.2) is 0 Å². The first kappa shape index (κ1) is 14.3. The molecular formula is C15H16O2S. The molecule has 1 aliphatic heterocycles. The zero-order valence-electron chi connectivity index (χ0n) is 10.6. The van der Waals surface area contributed by atoms with E-state index in [0.29, 0.717) is 16.9 Å². The van der Waals surface area contributed by atoms with Crippen molar-refractivity contribution in [3.63, 3.8) is 0 Å². The van der Waals surface area contributed by atoms with Gasteiger partial charge in [-0.25, -0.2) is 8.42 Å². The van der Waals surface area contributed by atoms with Crippen LogP contribution in [-0.4, -0.2) is 8.42 Å². The van der Waals surface area contributed by atoms with Crippen molar-refractivity contribution in [2.24, 2.45) is 0 Å². The average Bonchev–Trinajstić information content (AvgIpc) is 2.32. The fourth-order valence-electron chi connectivity index (χ4n) is 1.62. The maximum atomic E-state index is 12.3. The van der Waals surface area contributed by atoms with Gasteiger partial charge in [0.2, 0.25) is 9.84 Å². The van der Waals surface area contributed by atoms with E-state index in [9.17, 15) is 8.42 Å². The van der Waals surface area contributed by atoms with Crippen LogP contribution in [0.2, 0.25) is 0 Å². The molecule has 1 heterocycles. The van der Waals surface area contributed by atoms with Crippen molar-refractivity contribution in [2.45, 2.75) is 20.3 Å². The Kier molecular flexibility index (Phi) is 4.94. The molecule has 0 radical (unpaired) electrons. The molecule has 0 saturated carbocycles. The Morgan fingerprint density at radius 1 is 1.39 bits per heavy atom. The molecule has 0 N–H and O–H groups in total. The molecule has 0 bridgehead atoms. The minimum Gasteiger partial charge on any atom is -0.218 e. The molecule has 0 amide bonds. The highest BCUT2D eigenvalue weighted by Crippen LogP contribution is 2.29. The fraction of sp³-hybridized carbons (Fsp3) is 0.200. The SMILES string of the molecule is C=CC1=C(C#CC)CC=C(/C=C\C=C/C)S1(=O)=O. The largest absolute Gasteiger partial charge is 0.218 e. The van der Waals surface area contributed by atoms with Gasteiger partial charge < -0.3 is 0 Å². The van der Waals surface area contributed by atoms with E-state index >= 15 is 0 Å². The molecule has 0 aliphatic carbocycles. The summed E-state index contributed by atoms with van der Waals surface area (Å²) in [5.74, 6) is 5.55. The Hall–Kier alpha value is -1.79.